The minimum atomic E-state index is -0.230. The van der Waals surface area contributed by atoms with Crippen LogP contribution in [-0.2, 0) is 17.0 Å². The van der Waals surface area contributed by atoms with Gasteiger partial charge in [-0.05, 0) is 23.8 Å². The zero-order chi connectivity index (χ0) is 19.1. The van der Waals surface area contributed by atoms with Crippen molar-refractivity contribution >= 4 is 46.5 Å². The summed E-state index contributed by atoms with van der Waals surface area (Å²) in [5, 5.41) is 3.33. The second-order valence-corrected chi connectivity index (χ2v) is 7.72. The molecule has 1 aromatic carbocycles. The number of carbonyl (C=O) groups is 2. The third-order valence-electron chi connectivity index (χ3n) is 3.53. The molecule has 0 aliphatic heterocycles. The molecule has 0 radical (unpaired) electrons. The average molecular weight is 399 g/mol. The maximum absolute atomic E-state index is 12.3. The highest BCUT2D eigenvalue weighted by molar-refractivity contribution is 8.00. The van der Waals surface area contributed by atoms with Crippen LogP contribution in [0.3, 0.4) is 0 Å². The quantitative estimate of drug-likeness (QED) is 0.342. The van der Waals surface area contributed by atoms with E-state index >= 15 is 0 Å². The number of hydrogen-bond acceptors (Lipinski definition) is 7. The molecule has 0 saturated carbocycles. The minimum Gasteiger partial charge on any atom is -0.445 e. The number of carbonyl (C=O) groups excluding carboxylic acids is 2. The van der Waals surface area contributed by atoms with Gasteiger partial charge in [0.25, 0.3) is 5.91 Å². The molecule has 0 bridgehead atoms. The van der Waals surface area contributed by atoms with Crippen molar-refractivity contribution in [3.63, 3.8) is 0 Å². The number of aromatic nitrogens is 2. The van der Waals surface area contributed by atoms with E-state index in [-0.39, 0.29) is 5.91 Å². The monoisotopic (exact) mass is 399 g/mol. The number of nitrogens with zero attached hydrogens (tertiary/aromatic N) is 2. The molecule has 0 aliphatic rings. The van der Waals surface area contributed by atoms with Crippen molar-refractivity contribution in [1.29, 1.82) is 0 Å². The molecule has 0 spiro atoms. The Morgan fingerprint density at radius 3 is 2.78 bits per heavy atom. The number of oxazole rings is 1. The number of thioether (sulfide) groups is 1. The van der Waals surface area contributed by atoms with Gasteiger partial charge in [-0.15, -0.1) is 11.8 Å². The molecule has 138 valence electrons. The molecule has 1 N–H and O–H groups in total. The van der Waals surface area contributed by atoms with Gasteiger partial charge in [0, 0.05) is 12.0 Å². The molecule has 3 rings (SSSR count). The molecule has 8 heteroatoms. The van der Waals surface area contributed by atoms with Crippen LogP contribution in [0.25, 0.3) is 6.08 Å². The highest BCUT2D eigenvalue weighted by atomic mass is 32.2. The largest absolute Gasteiger partial charge is 0.445 e. The SMILES string of the molecule is CCc1cnc(CSc2cnc(NC(=O)c3ccc(/C=C/C=O)cc3)s2)o1. The molecule has 0 atom stereocenters. The fourth-order valence-corrected chi connectivity index (χ4v) is 3.88. The topological polar surface area (TPSA) is 85.1 Å². The summed E-state index contributed by atoms with van der Waals surface area (Å²) >= 11 is 2.97. The number of amides is 1. The Hall–Kier alpha value is -2.71. The van der Waals surface area contributed by atoms with Gasteiger partial charge in [-0.25, -0.2) is 9.97 Å². The Kier molecular flexibility index (Phi) is 6.56. The Bertz CT molecular complexity index is 945. The number of anilines is 1. The van der Waals surface area contributed by atoms with Crippen LogP contribution in [-0.4, -0.2) is 22.2 Å². The first-order valence-electron chi connectivity index (χ1n) is 8.23. The fourth-order valence-electron chi connectivity index (χ4n) is 2.16. The molecule has 0 fully saturated rings. The van der Waals surface area contributed by atoms with Crippen LogP contribution in [0.2, 0.25) is 0 Å². The molecular formula is C19H17N3O3S2. The molecule has 6 nitrogen and oxygen atoms in total. The van der Waals surface area contributed by atoms with Crippen LogP contribution in [0.1, 0.15) is 34.5 Å². The lowest BCUT2D eigenvalue weighted by Crippen LogP contribution is -2.11. The Labute approximate surface area is 164 Å². The standard InChI is InChI=1S/C19H17N3O3S2/c1-2-15-10-20-16(25-15)12-26-17-11-21-19(27-17)22-18(24)14-7-5-13(6-8-14)4-3-9-23/h3-11H,2,12H2,1H3,(H,21,22,24)/b4-3+. The Morgan fingerprint density at radius 2 is 2.07 bits per heavy atom. The van der Waals surface area contributed by atoms with Gasteiger partial charge in [0.05, 0.1) is 22.4 Å². The maximum Gasteiger partial charge on any atom is 0.257 e. The van der Waals surface area contributed by atoms with E-state index in [9.17, 15) is 9.59 Å². The summed E-state index contributed by atoms with van der Waals surface area (Å²) in [6, 6.07) is 6.96. The van der Waals surface area contributed by atoms with Crippen LogP contribution in [0.15, 0.2) is 51.4 Å². The summed E-state index contributed by atoms with van der Waals surface area (Å²) in [5.74, 6) is 1.94. The molecule has 27 heavy (non-hydrogen) atoms. The highest BCUT2D eigenvalue weighted by Gasteiger charge is 2.10. The van der Waals surface area contributed by atoms with E-state index in [0.717, 1.165) is 22.0 Å². The first kappa shape index (κ1) is 19.1. The summed E-state index contributed by atoms with van der Waals surface area (Å²) in [6.07, 6.45) is 8.09. The number of rotatable bonds is 8. The summed E-state index contributed by atoms with van der Waals surface area (Å²) in [4.78, 5) is 31.1. The Balaban J connectivity index is 1.55. The summed E-state index contributed by atoms with van der Waals surface area (Å²) in [6.45, 7) is 2.02. The van der Waals surface area contributed by atoms with Gasteiger partial charge in [0.2, 0.25) is 5.89 Å². The number of thiazole rings is 1. The van der Waals surface area contributed by atoms with E-state index in [2.05, 4.69) is 15.3 Å². The molecule has 2 aromatic heterocycles. The first-order chi connectivity index (χ1) is 13.2. The van der Waals surface area contributed by atoms with Gasteiger partial charge < -0.3 is 4.42 Å². The van der Waals surface area contributed by atoms with E-state index < -0.39 is 0 Å². The van der Waals surface area contributed by atoms with Crippen LogP contribution in [0.4, 0.5) is 5.13 Å². The number of nitrogens with one attached hydrogen (secondary N) is 1. The number of allylic oxidation sites excluding steroid dienone is 1. The lowest BCUT2D eigenvalue weighted by molar-refractivity contribution is -0.104. The molecule has 2 heterocycles. The Morgan fingerprint density at radius 1 is 1.26 bits per heavy atom. The highest BCUT2D eigenvalue weighted by Crippen LogP contribution is 2.30. The van der Waals surface area contributed by atoms with Gasteiger partial charge in [-0.1, -0.05) is 36.5 Å². The zero-order valence-electron chi connectivity index (χ0n) is 14.5. The van der Waals surface area contributed by atoms with Gasteiger partial charge >= 0.3 is 0 Å². The van der Waals surface area contributed by atoms with E-state index in [1.165, 1.54) is 17.4 Å². The summed E-state index contributed by atoms with van der Waals surface area (Å²) in [7, 11) is 0. The smallest absolute Gasteiger partial charge is 0.257 e. The van der Waals surface area contributed by atoms with Crippen molar-refractivity contribution in [2.75, 3.05) is 5.32 Å². The van der Waals surface area contributed by atoms with Crippen molar-refractivity contribution in [3.8, 4) is 0 Å². The van der Waals surface area contributed by atoms with Gasteiger partial charge in [0.1, 0.15) is 12.0 Å². The molecule has 1 amide bonds. The van der Waals surface area contributed by atoms with Gasteiger partial charge in [0.15, 0.2) is 5.13 Å². The van der Waals surface area contributed by atoms with Crippen molar-refractivity contribution in [3.05, 3.63) is 65.5 Å². The number of aldehydes is 1. The molecule has 0 aliphatic carbocycles. The summed E-state index contributed by atoms with van der Waals surface area (Å²) in [5.41, 5.74) is 1.37. The van der Waals surface area contributed by atoms with E-state index in [1.807, 2.05) is 6.92 Å². The number of benzene rings is 1. The third-order valence-corrected chi connectivity index (χ3v) is 5.63. The van der Waals surface area contributed by atoms with Gasteiger partial charge in [-0.2, -0.15) is 0 Å². The minimum absolute atomic E-state index is 0.230. The van der Waals surface area contributed by atoms with Gasteiger partial charge in [-0.3, -0.25) is 14.9 Å². The first-order valence-corrected chi connectivity index (χ1v) is 10.0. The fraction of sp³-hybridized carbons (Fsp3) is 0.158. The lowest BCUT2D eigenvalue weighted by Gasteiger charge is -2.02. The van der Waals surface area contributed by atoms with E-state index in [0.29, 0.717) is 28.6 Å². The van der Waals surface area contributed by atoms with Crippen molar-refractivity contribution in [2.24, 2.45) is 0 Å². The average Bonchev–Trinajstić information content (AvgIpc) is 3.34. The molecule has 0 unspecified atom stereocenters. The third kappa shape index (κ3) is 5.38. The second kappa shape index (κ2) is 9.29. The van der Waals surface area contributed by atoms with Crippen LogP contribution < -0.4 is 5.32 Å². The van der Waals surface area contributed by atoms with Crippen LogP contribution in [0.5, 0.6) is 0 Å². The van der Waals surface area contributed by atoms with Crippen LogP contribution >= 0.6 is 23.1 Å². The maximum atomic E-state index is 12.3. The predicted octanol–water partition coefficient (Wildman–Crippen LogP) is 4.45. The lowest BCUT2D eigenvalue weighted by atomic mass is 10.1. The second-order valence-electron chi connectivity index (χ2n) is 5.42. The van der Waals surface area contributed by atoms with E-state index in [4.69, 9.17) is 4.42 Å². The normalized spacial score (nSPS) is 11.0. The van der Waals surface area contributed by atoms with Crippen LogP contribution in [0, 0.1) is 0 Å². The molecule has 3 aromatic rings. The zero-order valence-corrected chi connectivity index (χ0v) is 16.2. The molecule has 0 saturated heterocycles. The predicted molar refractivity (Wildman–Crippen MR) is 107 cm³/mol. The van der Waals surface area contributed by atoms with Crippen molar-refractivity contribution in [2.45, 2.75) is 23.3 Å². The number of hydrogen-bond donors (Lipinski definition) is 1. The number of aryl methyl sites for hydroxylation is 1. The van der Waals surface area contributed by atoms with Crippen molar-refractivity contribution in [1.82, 2.24) is 9.97 Å². The van der Waals surface area contributed by atoms with E-state index in [1.54, 1.807) is 54.5 Å². The summed E-state index contributed by atoms with van der Waals surface area (Å²) < 4.78 is 6.54. The molecular weight excluding hydrogens is 382 g/mol. The van der Waals surface area contributed by atoms with Crippen molar-refractivity contribution < 1.29 is 14.0 Å².